The van der Waals surface area contributed by atoms with Crippen LogP contribution in [0.3, 0.4) is 0 Å². The Morgan fingerprint density at radius 3 is 2.59 bits per heavy atom. The second-order valence-electron chi connectivity index (χ2n) is 6.41. The molecule has 2 aromatic rings. The molecule has 160 valence electrons. The smallest absolute Gasteiger partial charge is 0.191 e. The number of aliphatic imine (C=N–C) groups is 1. The van der Waals surface area contributed by atoms with Crippen molar-refractivity contribution in [1.29, 1.82) is 0 Å². The molecule has 0 aromatic heterocycles. The predicted octanol–water partition coefficient (Wildman–Crippen LogP) is 3.55. The van der Waals surface area contributed by atoms with Gasteiger partial charge < -0.3 is 24.8 Å². The summed E-state index contributed by atoms with van der Waals surface area (Å²) < 4.78 is 16.1. The largest absolute Gasteiger partial charge is 0.496 e. The summed E-state index contributed by atoms with van der Waals surface area (Å²) in [4.78, 5) is 4.29. The number of aryl methyl sites for hydroxylation is 1. The monoisotopic (exact) mass is 513 g/mol. The highest BCUT2D eigenvalue weighted by molar-refractivity contribution is 14.0. The quantitative estimate of drug-likeness (QED) is 0.220. The van der Waals surface area contributed by atoms with Gasteiger partial charge in [-0.25, -0.2) is 0 Å². The lowest BCUT2D eigenvalue weighted by molar-refractivity contribution is 0.146. The van der Waals surface area contributed by atoms with E-state index in [1.807, 2.05) is 24.3 Å². The number of guanidine groups is 1. The van der Waals surface area contributed by atoms with E-state index >= 15 is 0 Å². The van der Waals surface area contributed by atoms with Gasteiger partial charge in [0.1, 0.15) is 18.1 Å². The van der Waals surface area contributed by atoms with E-state index in [0.29, 0.717) is 19.8 Å². The Balaban J connectivity index is 0.00000420. The number of ether oxygens (including phenoxy) is 3. The summed E-state index contributed by atoms with van der Waals surface area (Å²) in [5.74, 6) is 2.52. The van der Waals surface area contributed by atoms with Crippen molar-refractivity contribution in [2.24, 2.45) is 4.99 Å². The highest BCUT2D eigenvalue weighted by Gasteiger charge is 2.05. The average Bonchev–Trinajstić information content (AvgIpc) is 2.71. The van der Waals surface area contributed by atoms with E-state index in [1.165, 1.54) is 11.1 Å². The van der Waals surface area contributed by atoms with Crippen LogP contribution in [0, 0.1) is 6.92 Å². The highest BCUT2D eigenvalue weighted by atomic mass is 127. The summed E-state index contributed by atoms with van der Waals surface area (Å²) in [5.41, 5.74) is 3.54. The molecule has 7 heteroatoms. The topological polar surface area (TPSA) is 64.1 Å². The normalized spacial score (nSPS) is 10.8. The van der Waals surface area contributed by atoms with Crippen LogP contribution in [-0.4, -0.2) is 47.0 Å². The lowest BCUT2D eigenvalue weighted by Gasteiger charge is -2.14. The number of nitrogens with one attached hydrogen (secondary N) is 2. The van der Waals surface area contributed by atoms with Gasteiger partial charge in [0, 0.05) is 27.2 Å². The number of hydrogen-bond donors (Lipinski definition) is 2. The molecule has 0 atom stereocenters. The highest BCUT2D eigenvalue weighted by Crippen LogP contribution is 2.19. The summed E-state index contributed by atoms with van der Waals surface area (Å²) in [7, 11) is 5.14. The van der Waals surface area contributed by atoms with E-state index in [0.717, 1.165) is 36.0 Å². The third kappa shape index (κ3) is 8.91. The fourth-order valence-corrected chi connectivity index (χ4v) is 2.81. The van der Waals surface area contributed by atoms with Crippen LogP contribution in [0.2, 0.25) is 0 Å². The van der Waals surface area contributed by atoms with Crippen LogP contribution < -0.4 is 20.1 Å². The zero-order valence-corrected chi connectivity index (χ0v) is 20.0. The minimum atomic E-state index is 0. The van der Waals surface area contributed by atoms with Crippen LogP contribution in [0.15, 0.2) is 47.5 Å². The third-order valence-electron chi connectivity index (χ3n) is 4.26. The van der Waals surface area contributed by atoms with Crippen LogP contribution in [0.1, 0.15) is 16.7 Å². The van der Waals surface area contributed by atoms with Crippen molar-refractivity contribution in [3.05, 3.63) is 59.2 Å². The number of nitrogens with zero attached hydrogens (tertiary/aromatic N) is 1. The standard InChI is InChI=1S/C22H31N3O3.HI/c1-17-8-9-21(27-4)19(14-17)10-11-24-22(23-2)25-16-18-6-5-7-20(15-18)28-13-12-26-3;/h5-9,14-15H,10-13,16H2,1-4H3,(H2,23,24,25);1H. The molecule has 0 heterocycles. The van der Waals surface area contributed by atoms with Gasteiger partial charge in [-0.1, -0.05) is 29.8 Å². The maximum atomic E-state index is 5.66. The molecule has 0 aliphatic heterocycles. The van der Waals surface area contributed by atoms with Gasteiger partial charge in [-0.2, -0.15) is 0 Å². The maximum Gasteiger partial charge on any atom is 0.191 e. The first-order valence-electron chi connectivity index (χ1n) is 9.45. The lowest BCUT2D eigenvalue weighted by atomic mass is 10.1. The van der Waals surface area contributed by atoms with Crippen LogP contribution in [0.25, 0.3) is 0 Å². The van der Waals surface area contributed by atoms with Gasteiger partial charge in [-0.15, -0.1) is 24.0 Å². The van der Waals surface area contributed by atoms with Gasteiger partial charge in [0.05, 0.1) is 13.7 Å². The Morgan fingerprint density at radius 1 is 1.03 bits per heavy atom. The molecular weight excluding hydrogens is 481 g/mol. The zero-order chi connectivity index (χ0) is 20.2. The first-order valence-corrected chi connectivity index (χ1v) is 9.45. The molecule has 0 spiro atoms. The molecule has 0 saturated heterocycles. The van der Waals surface area contributed by atoms with Crippen molar-refractivity contribution >= 4 is 29.9 Å². The number of benzene rings is 2. The van der Waals surface area contributed by atoms with Gasteiger partial charge >= 0.3 is 0 Å². The van der Waals surface area contributed by atoms with E-state index in [9.17, 15) is 0 Å². The minimum absolute atomic E-state index is 0. The summed E-state index contributed by atoms with van der Waals surface area (Å²) >= 11 is 0. The fourth-order valence-electron chi connectivity index (χ4n) is 2.81. The molecule has 0 aliphatic rings. The van der Waals surface area contributed by atoms with E-state index in [1.54, 1.807) is 21.3 Å². The van der Waals surface area contributed by atoms with Crippen LogP contribution >= 0.6 is 24.0 Å². The van der Waals surface area contributed by atoms with Gasteiger partial charge in [-0.3, -0.25) is 4.99 Å². The van der Waals surface area contributed by atoms with E-state index in [4.69, 9.17) is 14.2 Å². The summed E-state index contributed by atoms with van der Waals surface area (Å²) in [6.45, 7) is 4.63. The van der Waals surface area contributed by atoms with Crippen molar-refractivity contribution in [3.63, 3.8) is 0 Å². The number of rotatable bonds is 10. The van der Waals surface area contributed by atoms with E-state index in [2.05, 4.69) is 40.7 Å². The van der Waals surface area contributed by atoms with Crippen LogP contribution in [0.5, 0.6) is 11.5 Å². The van der Waals surface area contributed by atoms with Crippen molar-refractivity contribution in [2.75, 3.05) is 41.0 Å². The van der Waals surface area contributed by atoms with Crippen molar-refractivity contribution < 1.29 is 14.2 Å². The summed E-state index contributed by atoms with van der Waals surface area (Å²) in [6, 6.07) is 14.2. The molecule has 0 radical (unpaired) electrons. The van der Waals surface area contributed by atoms with E-state index < -0.39 is 0 Å². The minimum Gasteiger partial charge on any atom is -0.496 e. The van der Waals surface area contributed by atoms with Crippen LogP contribution in [0.4, 0.5) is 0 Å². The maximum absolute atomic E-state index is 5.66. The first-order chi connectivity index (χ1) is 13.7. The van der Waals surface area contributed by atoms with Crippen molar-refractivity contribution in [3.8, 4) is 11.5 Å². The van der Waals surface area contributed by atoms with Gasteiger partial charge in [-0.05, 0) is 42.7 Å². The second-order valence-corrected chi connectivity index (χ2v) is 6.41. The Morgan fingerprint density at radius 2 is 1.86 bits per heavy atom. The van der Waals surface area contributed by atoms with Gasteiger partial charge in [0.15, 0.2) is 5.96 Å². The second kappa shape index (κ2) is 14.1. The molecule has 0 saturated carbocycles. The van der Waals surface area contributed by atoms with Gasteiger partial charge in [0.25, 0.3) is 0 Å². The van der Waals surface area contributed by atoms with Crippen molar-refractivity contribution in [2.45, 2.75) is 19.9 Å². The molecule has 0 fully saturated rings. The molecule has 6 nitrogen and oxygen atoms in total. The Labute approximate surface area is 191 Å². The summed E-state index contributed by atoms with van der Waals surface area (Å²) in [5, 5.41) is 6.68. The molecule has 0 unspecified atom stereocenters. The Bertz CT molecular complexity index is 769. The summed E-state index contributed by atoms with van der Waals surface area (Å²) in [6.07, 6.45) is 0.856. The first kappa shape index (κ1) is 25.0. The third-order valence-corrected chi connectivity index (χ3v) is 4.26. The predicted molar refractivity (Wildman–Crippen MR) is 129 cm³/mol. The lowest BCUT2D eigenvalue weighted by Crippen LogP contribution is -2.37. The molecule has 2 rings (SSSR count). The SMILES string of the molecule is CN=C(NCCc1cc(C)ccc1OC)NCc1cccc(OCCOC)c1.I. The molecule has 0 aliphatic carbocycles. The van der Waals surface area contributed by atoms with E-state index in [-0.39, 0.29) is 24.0 Å². The Hall–Kier alpha value is -2.00. The number of methoxy groups -OCH3 is 2. The van der Waals surface area contributed by atoms with Crippen LogP contribution in [-0.2, 0) is 17.7 Å². The number of halogens is 1. The fraction of sp³-hybridized carbons (Fsp3) is 0.409. The Kier molecular flexibility index (Phi) is 12.1. The van der Waals surface area contributed by atoms with Crippen molar-refractivity contribution in [1.82, 2.24) is 10.6 Å². The molecule has 2 N–H and O–H groups in total. The molecule has 29 heavy (non-hydrogen) atoms. The molecule has 0 bridgehead atoms. The number of hydrogen-bond acceptors (Lipinski definition) is 4. The molecule has 2 aromatic carbocycles. The average molecular weight is 513 g/mol. The molecular formula is C22H32IN3O3. The zero-order valence-electron chi connectivity index (χ0n) is 17.7. The van der Waals surface area contributed by atoms with Gasteiger partial charge in [0.2, 0.25) is 0 Å². The molecule has 0 amide bonds.